The topological polar surface area (TPSA) is 96.3 Å². The van der Waals surface area contributed by atoms with Crippen molar-refractivity contribution >= 4 is 63.5 Å². The van der Waals surface area contributed by atoms with Crippen LogP contribution in [0.25, 0.3) is 11.1 Å². The minimum atomic E-state index is -0.447. The molecular formula is C17H13ClN4O3S. The van der Waals surface area contributed by atoms with Crippen molar-refractivity contribution < 1.29 is 14.0 Å². The number of benzene rings is 2. The summed E-state index contributed by atoms with van der Waals surface area (Å²) in [6.07, 6.45) is 0. The van der Waals surface area contributed by atoms with Crippen LogP contribution in [0.3, 0.4) is 0 Å². The molecule has 0 aliphatic rings. The Kier molecular flexibility index (Phi) is 5.15. The number of halogens is 1. The maximum Gasteiger partial charge on any atom is 0.302 e. The third-order valence-corrected chi connectivity index (χ3v) is 3.81. The smallest absolute Gasteiger partial charge is 0.302 e. The van der Waals surface area contributed by atoms with E-state index < -0.39 is 5.91 Å². The van der Waals surface area contributed by atoms with Gasteiger partial charge in [0.2, 0.25) is 5.91 Å². The molecule has 3 rings (SSSR count). The third kappa shape index (κ3) is 4.16. The Morgan fingerprint density at radius 1 is 1.15 bits per heavy atom. The van der Waals surface area contributed by atoms with Gasteiger partial charge in [-0.15, -0.1) is 0 Å². The van der Waals surface area contributed by atoms with Gasteiger partial charge in [-0.3, -0.25) is 20.2 Å². The second-order valence-electron chi connectivity index (χ2n) is 5.27. The highest BCUT2D eigenvalue weighted by molar-refractivity contribution is 7.80. The molecule has 0 radical (unpaired) electrons. The Labute approximate surface area is 158 Å². The number of hydrogen-bond donors (Lipinski definition) is 3. The predicted octanol–water partition coefficient (Wildman–Crippen LogP) is 3.57. The van der Waals surface area contributed by atoms with Gasteiger partial charge >= 0.3 is 6.01 Å². The average molecular weight is 389 g/mol. The first-order valence-corrected chi connectivity index (χ1v) is 8.26. The Morgan fingerprint density at radius 2 is 1.92 bits per heavy atom. The van der Waals surface area contributed by atoms with Crippen molar-refractivity contribution in [3.63, 3.8) is 0 Å². The van der Waals surface area contributed by atoms with Crippen LogP contribution in [-0.4, -0.2) is 21.9 Å². The fourth-order valence-electron chi connectivity index (χ4n) is 2.20. The second-order valence-corrected chi connectivity index (χ2v) is 6.09. The highest BCUT2D eigenvalue weighted by Gasteiger charge is 2.13. The SMILES string of the molecule is CC(=O)Nc1ccc2nc(NC(=S)NC(=O)c3ccccc3Cl)oc2c1. The maximum atomic E-state index is 12.2. The van der Waals surface area contributed by atoms with Crippen molar-refractivity contribution in [3.05, 3.63) is 53.1 Å². The van der Waals surface area contributed by atoms with E-state index in [-0.39, 0.29) is 17.0 Å². The van der Waals surface area contributed by atoms with E-state index in [9.17, 15) is 9.59 Å². The van der Waals surface area contributed by atoms with Crippen molar-refractivity contribution in [2.45, 2.75) is 6.92 Å². The molecule has 1 aromatic heterocycles. The molecule has 0 saturated heterocycles. The first-order chi connectivity index (χ1) is 12.4. The minimum Gasteiger partial charge on any atom is -0.423 e. The Morgan fingerprint density at radius 3 is 2.65 bits per heavy atom. The molecule has 3 aromatic rings. The largest absolute Gasteiger partial charge is 0.423 e. The van der Waals surface area contributed by atoms with Gasteiger partial charge in [-0.1, -0.05) is 23.7 Å². The summed E-state index contributed by atoms with van der Waals surface area (Å²) in [5.41, 5.74) is 1.92. The predicted molar refractivity (Wildman–Crippen MR) is 103 cm³/mol. The molecule has 2 aromatic carbocycles. The number of anilines is 2. The Balaban J connectivity index is 1.70. The van der Waals surface area contributed by atoms with Gasteiger partial charge in [0.25, 0.3) is 5.91 Å². The lowest BCUT2D eigenvalue weighted by atomic mass is 10.2. The van der Waals surface area contributed by atoms with Gasteiger partial charge in [0.05, 0.1) is 10.6 Å². The number of thiocarbonyl (C=S) groups is 1. The van der Waals surface area contributed by atoms with Gasteiger partial charge in [0.15, 0.2) is 10.7 Å². The number of aromatic nitrogens is 1. The summed E-state index contributed by atoms with van der Waals surface area (Å²) in [4.78, 5) is 27.5. The third-order valence-electron chi connectivity index (χ3n) is 3.27. The number of fused-ring (bicyclic) bond motifs is 1. The molecule has 0 saturated carbocycles. The molecule has 0 fully saturated rings. The van der Waals surface area contributed by atoms with Crippen molar-refractivity contribution in [3.8, 4) is 0 Å². The van der Waals surface area contributed by atoms with Crippen LogP contribution in [0.1, 0.15) is 17.3 Å². The zero-order valence-corrected chi connectivity index (χ0v) is 15.1. The summed E-state index contributed by atoms with van der Waals surface area (Å²) in [7, 11) is 0. The normalized spacial score (nSPS) is 10.4. The number of carbonyl (C=O) groups excluding carboxylic acids is 2. The highest BCUT2D eigenvalue weighted by Crippen LogP contribution is 2.22. The van der Waals surface area contributed by atoms with Crippen LogP contribution in [0.4, 0.5) is 11.7 Å². The van der Waals surface area contributed by atoms with Crippen molar-refractivity contribution in [2.24, 2.45) is 0 Å². The first-order valence-electron chi connectivity index (χ1n) is 7.47. The monoisotopic (exact) mass is 388 g/mol. The molecule has 0 atom stereocenters. The number of hydrogen-bond acceptors (Lipinski definition) is 5. The summed E-state index contributed by atoms with van der Waals surface area (Å²) >= 11 is 11.1. The first kappa shape index (κ1) is 17.8. The average Bonchev–Trinajstić information content (AvgIpc) is 2.95. The van der Waals surface area contributed by atoms with Gasteiger partial charge in [-0.25, -0.2) is 0 Å². The van der Waals surface area contributed by atoms with Gasteiger partial charge in [-0.2, -0.15) is 4.98 Å². The van der Waals surface area contributed by atoms with Crippen molar-refractivity contribution in [1.82, 2.24) is 10.3 Å². The molecule has 0 aliphatic heterocycles. The van der Waals surface area contributed by atoms with E-state index in [2.05, 4.69) is 20.9 Å². The van der Waals surface area contributed by atoms with E-state index in [1.54, 1.807) is 42.5 Å². The van der Waals surface area contributed by atoms with Crippen LogP contribution in [0, 0.1) is 0 Å². The Hall–Kier alpha value is -2.97. The van der Waals surface area contributed by atoms with Gasteiger partial charge in [0.1, 0.15) is 5.52 Å². The van der Waals surface area contributed by atoms with E-state index in [4.69, 9.17) is 28.2 Å². The Bertz CT molecular complexity index is 1020. The maximum absolute atomic E-state index is 12.2. The van der Waals surface area contributed by atoms with E-state index in [1.807, 2.05) is 0 Å². The number of rotatable bonds is 3. The summed E-state index contributed by atoms with van der Waals surface area (Å²) in [6.45, 7) is 1.41. The second kappa shape index (κ2) is 7.51. The zero-order valence-electron chi connectivity index (χ0n) is 13.5. The molecule has 3 N–H and O–H groups in total. The molecule has 26 heavy (non-hydrogen) atoms. The fraction of sp³-hybridized carbons (Fsp3) is 0.0588. The quantitative estimate of drug-likeness (QED) is 0.593. The molecule has 2 amide bonds. The molecule has 0 aliphatic carbocycles. The molecule has 132 valence electrons. The summed E-state index contributed by atoms with van der Waals surface area (Å²) in [6, 6.07) is 11.8. The van der Waals surface area contributed by atoms with Crippen LogP contribution < -0.4 is 16.0 Å². The molecule has 0 unspecified atom stereocenters. The summed E-state index contributed by atoms with van der Waals surface area (Å²) < 4.78 is 5.53. The highest BCUT2D eigenvalue weighted by atomic mass is 35.5. The minimum absolute atomic E-state index is 0.0172. The molecule has 7 nitrogen and oxygen atoms in total. The number of oxazole rings is 1. The van der Waals surface area contributed by atoms with Crippen LogP contribution in [0.15, 0.2) is 46.9 Å². The van der Waals surface area contributed by atoms with Crippen LogP contribution in [0.5, 0.6) is 0 Å². The number of nitrogens with one attached hydrogen (secondary N) is 3. The lowest BCUT2D eigenvalue weighted by molar-refractivity contribution is -0.114. The molecular weight excluding hydrogens is 376 g/mol. The number of nitrogens with zero attached hydrogens (tertiary/aromatic N) is 1. The number of amides is 2. The van der Waals surface area contributed by atoms with Gasteiger partial charge < -0.3 is 9.73 Å². The number of carbonyl (C=O) groups is 2. The van der Waals surface area contributed by atoms with Crippen LogP contribution in [0.2, 0.25) is 5.02 Å². The van der Waals surface area contributed by atoms with Gasteiger partial charge in [-0.05, 0) is 36.5 Å². The van der Waals surface area contributed by atoms with Crippen LogP contribution >= 0.6 is 23.8 Å². The van der Waals surface area contributed by atoms with Crippen LogP contribution in [-0.2, 0) is 4.79 Å². The summed E-state index contributed by atoms with van der Waals surface area (Å²) in [5, 5.41) is 8.20. The fourth-order valence-corrected chi connectivity index (χ4v) is 2.60. The zero-order chi connectivity index (χ0) is 18.7. The molecule has 1 heterocycles. The van der Waals surface area contributed by atoms with E-state index in [1.165, 1.54) is 6.92 Å². The lowest BCUT2D eigenvalue weighted by Crippen LogP contribution is -2.34. The van der Waals surface area contributed by atoms with Crippen molar-refractivity contribution in [2.75, 3.05) is 10.6 Å². The summed E-state index contributed by atoms with van der Waals surface area (Å²) in [5.74, 6) is -0.636. The lowest BCUT2D eigenvalue weighted by Gasteiger charge is -2.07. The van der Waals surface area contributed by atoms with Crippen molar-refractivity contribution in [1.29, 1.82) is 0 Å². The van der Waals surface area contributed by atoms with E-state index in [0.29, 0.717) is 27.4 Å². The van der Waals surface area contributed by atoms with E-state index >= 15 is 0 Å². The van der Waals surface area contributed by atoms with E-state index in [0.717, 1.165) is 0 Å². The van der Waals surface area contributed by atoms with Gasteiger partial charge in [0, 0.05) is 18.7 Å². The standard InChI is InChI=1S/C17H13ClN4O3S/c1-9(23)19-10-6-7-13-14(8-10)25-16(20-13)22-17(26)21-15(24)11-4-2-3-5-12(11)18/h2-8H,1H3,(H,19,23)(H2,20,21,22,24,26). The molecule has 9 heteroatoms. The molecule has 0 bridgehead atoms. The molecule has 0 spiro atoms.